The van der Waals surface area contributed by atoms with Gasteiger partial charge in [-0.3, -0.25) is 4.79 Å². The van der Waals surface area contributed by atoms with E-state index in [0.717, 1.165) is 54.5 Å². The lowest BCUT2D eigenvalue weighted by Crippen LogP contribution is -2.48. The highest BCUT2D eigenvalue weighted by molar-refractivity contribution is 9.10. The fraction of sp³-hybridized carbons (Fsp3) is 0.562. The van der Waals surface area contributed by atoms with E-state index in [-0.39, 0.29) is 11.3 Å². The maximum absolute atomic E-state index is 12.7. The van der Waals surface area contributed by atoms with E-state index in [2.05, 4.69) is 33.5 Å². The zero-order valence-electron chi connectivity index (χ0n) is 12.3. The van der Waals surface area contributed by atoms with Crippen molar-refractivity contribution < 1.29 is 4.79 Å². The fourth-order valence-electron chi connectivity index (χ4n) is 2.95. The third kappa shape index (κ3) is 3.41. The van der Waals surface area contributed by atoms with Crippen LogP contribution in [-0.2, 0) is 4.79 Å². The predicted molar refractivity (Wildman–Crippen MR) is 87.0 cm³/mol. The van der Waals surface area contributed by atoms with Crippen molar-refractivity contribution in [2.75, 3.05) is 18.4 Å². The molecule has 1 aliphatic heterocycles. The van der Waals surface area contributed by atoms with E-state index in [0.29, 0.717) is 0 Å². The molecular formula is C16H23BrN2O. The van der Waals surface area contributed by atoms with Crippen LogP contribution in [0, 0.1) is 12.3 Å². The molecule has 4 heteroatoms. The summed E-state index contributed by atoms with van der Waals surface area (Å²) in [4.78, 5) is 12.7. The fourth-order valence-corrected chi connectivity index (χ4v) is 3.20. The maximum Gasteiger partial charge on any atom is 0.231 e. The van der Waals surface area contributed by atoms with Crippen LogP contribution >= 0.6 is 15.9 Å². The standard InChI is InChI=1S/C16H23BrN2O/c1-3-7-16(8-4-9-18-11-16)15(20)19-13-5-6-14(17)12(2)10-13/h5-6,10,18H,3-4,7-9,11H2,1-2H3,(H,19,20). The summed E-state index contributed by atoms with van der Waals surface area (Å²) in [6.07, 6.45) is 4.04. The van der Waals surface area contributed by atoms with E-state index in [1.165, 1.54) is 0 Å². The number of rotatable bonds is 4. The van der Waals surface area contributed by atoms with Crippen LogP contribution in [0.1, 0.15) is 38.2 Å². The topological polar surface area (TPSA) is 41.1 Å². The van der Waals surface area contributed by atoms with Gasteiger partial charge in [-0.15, -0.1) is 0 Å². The largest absolute Gasteiger partial charge is 0.326 e. The molecule has 0 saturated carbocycles. The molecule has 0 spiro atoms. The first-order valence-corrected chi connectivity index (χ1v) is 8.15. The van der Waals surface area contributed by atoms with Gasteiger partial charge >= 0.3 is 0 Å². The summed E-state index contributed by atoms with van der Waals surface area (Å²) in [5.74, 6) is 0.160. The van der Waals surface area contributed by atoms with Gasteiger partial charge in [0, 0.05) is 16.7 Å². The third-order valence-corrected chi connectivity index (χ3v) is 4.99. The van der Waals surface area contributed by atoms with E-state index in [9.17, 15) is 4.79 Å². The van der Waals surface area contributed by atoms with Crippen LogP contribution in [0.25, 0.3) is 0 Å². The van der Waals surface area contributed by atoms with Crippen LogP contribution in [0.4, 0.5) is 5.69 Å². The van der Waals surface area contributed by atoms with Crippen LogP contribution in [0.5, 0.6) is 0 Å². The van der Waals surface area contributed by atoms with Gasteiger partial charge in [-0.2, -0.15) is 0 Å². The number of carbonyl (C=O) groups is 1. The molecule has 1 aliphatic rings. The van der Waals surface area contributed by atoms with Gasteiger partial charge in [-0.25, -0.2) is 0 Å². The number of nitrogens with one attached hydrogen (secondary N) is 2. The van der Waals surface area contributed by atoms with E-state index in [1.807, 2.05) is 25.1 Å². The molecule has 0 aliphatic carbocycles. The highest BCUT2D eigenvalue weighted by atomic mass is 79.9. The molecule has 1 atom stereocenters. The number of aryl methyl sites for hydroxylation is 1. The second-order valence-electron chi connectivity index (χ2n) is 5.73. The van der Waals surface area contributed by atoms with Crippen molar-refractivity contribution in [1.82, 2.24) is 5.32 Å². The Morgan fingerprint density at radius 3 is 2.90 bits per heavy atom. The Labute approximate surface area is 129 Å². The summed E-state index contributed by atoms with van der Waals surface area (Å²) in [6.45, 7) is 6.00. The van der Waals surface area contributed by atoms with Crippen molar-refractivity contribution in [2.45, 2.75) is 39.5 Å². The Morgan fingerprint density at radius 1 is 1.50 bits per heavy atom. The second-order valence-corrected chi connectivity index (χ2v) is 6.58. The van der Waals surface area contributed by atoms with Gasteiger partial charge in [-0.05, 0) is 56.5 Å². The molecule has 0 aromatic heterocycles. The average molecular weight is 339 g/mol. The molecule has 1 fully saturated rings. The van der Waals surface area contributed by atoms with Crippen molar-refractivity contribution in [3.8, 4) is 0 Å². The highest BCUT2D eigenvalue weighted by Crippen LogP contribution is 2.33. The second kappa shape index (κ2) is 6.72. The summed E-state index contributed by atoms with van der Waals surface area (Å²) in [7, 11) is 0. The predicted octanol–water partition coefficient (Wildman–Crippen LogP) is 3.87. The van der Waals surface area contributed by atoms with Crippen LogP contribution in [0.3, 0.4) is 0 Å². The molecular weight excluding hydrogens is 316 g/mol. The van der Waals surface area contributed by atoms with Gasteiger partial charge in [0.05, 0.1) is 5.41 Å². The number of piperidine rings is 1. The van der Waals surface area contributed by atoms with E-state index < -0.39 is 0 Å². The maximum atomic E-state index is 12.7. The highest BCUT2D eigenvalue weighted by Gasteiger charge is 2.38. The molecule has 20 heavy (non-hydrogen) atoms. The number of amides is 1. The SMILES string of the molecule is CCCC1(C(=O)Nc2ccc(Br)c(C)c2)CCCNC1. The molecule has 1 heterocycles. The Balaban J connectivity index is 2.13. The number of halogens is 1. The lowest BCUT2D eigenvalue weighted by atomic mass is 9.76. The molecule has 3 nitrogen and oxygen atoms in total. The molecule has 0 radical (unpaired) electrons. The number of carbonyl (C=O) groups excluding carboxylic acids is 1. The van der Waals surface area contributed by atoms with Gasteiger partial charge in [0.15, 0.2) is 0 Å². The van der Waals surface area contributed by atoms with E-state index in [1.54, 1.807) is 0 Å². The van der Waals surface area contributed by atoms with Crippen molar-refractivity contribution >= 4 is 27.5 Å². The summed E-state index contributed by atoms with van der Waals surface area (Å²) in [5, 5.41) is 6.48. The molecule has 1 saturated heterocycles. The summed E-state index contributed by atoms with van der Waals surface area (Å²) < 4.78 is 1.07. The van der Waals surface area contributed by atoms with Gasteiger partial charge in [0.1, 0.15) is 0 Å². The van der Waals surface area contributed by atoms with Gasteiger partial charge < -0.3 is 10.6 Å². The minimum atomic E-state index is -0.242. The molecule has 2 N–H and O–H groups in total. The quantitative estimate of drug-likeness (QED) is 0.874. The smallest absolute Gasteiger partial charge is 0.231 e. The lowest BCUT2D eigenvalue weighted by molar-refractivity contribution is -0.127. The first-order valence-electron chi connectivity index (χ1n) is 7.36. The molecule has 110 valence electrons. The van der Waals surface area contributed by atoms with Crippen molar-refractivity contribution in [3.05, 3.63) is 28.2 Å². The van der Waals surface area contributed by atoms with Crippen LogP contribution in [-0.4, -0.2) is 19.0 Å². The van der Waals surface area contributed by atoms with E-state index >= 15 is 0 Å². The zero-order valence-corrected chi connectivity index (χ0v) is 13.8. The molecule has 1 unspecified atom stereocenters. The molecule has 0 bridgehead atoms. The Bertz CT molecular complexity index is 476. The van der Waals surface area contributed by atoms with Crippen LogP contribution in [0.15, 0.2) is 22.7 Å². The number of benzene rings is 1. The van der Waals surface area contributed by atoms with Crippen molar-refractivity contribution in [1.29, 1.82) is 0 Å². The summed E-state index contributed by atoms with van der Waals surface area (Å²) in [6, 6.07) is 5.94. The summed E-state index contributed by atoms with van der Waals surface area (Å²) in [5.41, 5.74) is 1.78. The van der Waals surface area contributed by atoms with Crippen LogP contribution < -0.4 is 10.6 Å². The third-order valence-electron chi connectivity index (χ3n) is 4.10. The minimum absolute atomic E-state index is 0.160. The Kier molecular flexibility index (Phi) is 5.22. The van der Waals surface area contributed by atoms with Crippen molar-refractivity contribution in [2.24, 2.45) is 5.41 Å². The minimum Gasteiger partial charge on any atom is -0.326 e. The molecule has 1 aromatic rings. The van der Waals surface area contributed by atoms with Gasteiger partial charge in [0.2, 0.25) is 5.91 Å². The van der Waals surface area contributed by atoms with Gasteiger partial charge in [0.25, 0.3) is 0 Å². The molecule has 1 aromatic carbocycles. The number of hydrogen-bond donors (Lipinski definition) is 2. The lowest BCUT2D eigenvalue weighted by Gasteiger charge is -2.36. The monoisotopic (exact) mass is 338 g/mol. The van der Waals surface area contributed by atoms with Gasteiger partial charge in [-0.1, -0.05) is 29.3 Å². The molecule has 1 amide bonds. The Hall–Kier alpha value is -0.870. The zero-order chi connectivity index (χ0) is 14.6. The normalized spacial score (nSPS) is 22.6. The summed E-state index contributed by atoms with van der Waals surface area (Å²) >= 11 is 3.48. The first-order chi connectivity index (χ1) is 9.57. The Morgan fingerprint density at radius 2 is 2.30 bits per heavy atom. The number of anilines is 1. The first kappa shape index (κ1) is 15.5. The molecule has 2 rings (SSSR count). The van der Waals surface area contributed by atoms with Crippen LogP contribution in [0.2, 0.25) is 0 Å². The average Bonchev–Trinajstić information content (AvgIpc) is 2.44. The van der Waals surface area contributed by atoms with Crippen molar-refractivity contribution in [3.63, 3.8) is 0 Å². The van der Waals surface area contributed by atoms with E-state index in [4.69, 9.17) is 0 Å². The number of hydrogen-bond acceptors (Lipinski definition) is 2.